The molecule has 4 nitrogen and oxygen atoms in total. The van der Waals surface area contributed by atoms with Crippen molar-refractivity contribution < 1.29 is 4.79 Å². The Hall–Kier alpha value is -1.71. The molecular formula is C12H17N3O. The van der Waals surface area contributed by atoms with E-state index in [4.69, 9.17) is 5.73 Å². The molecule has 0 aliphatic carbocycles. The van der Waals surface area contributed by atoms with Gasteiger partial charge in [-0.05, 0) is 24.5 Å². The number of rotatable bonds is 3. The number of carbonyl (C=O) groups excluding carboxylic acids is 1. The molecule has 0 radical (unpaired) electrons. The second-order valence-corrected chi connectivity index (χ2v) is 4.18. The topological polar surface area (TPSA) is 58.4 Å². The van der Waals surface area contributed by atoms with E-state index in [1.807, 2.05) is 18.2 Å². The molecule has 86 valence electrons. The number of urea groups is 1. The van der Waals surface area contributed by atoms with Crippen molar-refractivity contribution >= 4 is 11.7 Å². The van der Waals surface area contributed by atoms with Crippen LogP contribution in [0.25, 0.3) is 0 Å². The van der Waals surface area contributed by atoms with E-state index in [-0.39, 0.29) is 0 Å². The summed E-state index contributed by atoms with van der Waals surface area (Å²) in [6.07, 6.45) is 1.11. The van der Waals surface area contributed by atoms with Gasteiger partial charge in [-0.1, -0.05) is 18.2 Å². The first-order valence-corrected chi connectivity index (χ1v) is 5.59. The van der Waals surface area contributed by atoms with Crippen LogP contribution < -0.4 is 16.0 Å². The Labute approximate surface area is 95.4 Å². The Bertz CT molecular complexity index is 353. The van der Waals surface area contributed by atoms with Gasteiger partial charge in [0, 0.05) is 25.3 Å². The fourth-order valence-electron chi connectivity index (χ4n) is 2.12. The van der Waals surface area contributed by atoms with E-state index < -0.39 is 6.03 Å². The number of benzene rings is 1. The van der Waals surface area contributed by atoms with Crippen LogP contribution in [0.1, 0.15) is 6.42 Å². The number of nitrogens with one attached hydrogen (secondary N) is 1. The molecule has 1 aliphatic heterocycles. The highest BCUT2D eigenvalue weighted by atomic mass is 16.2. The fourth-order valence-corrected chi connectivity index (χ4v) is 2.12. The van der Waals surface area contributed by atoms with Gasteiger partial charge in [-0.15, -0.1) is 0 Å². The van der Waals surface area contributed by atoms with Crippen molar-refractivity contribution in [2.45, 2.75) is 6.42 Å². The molecule has 2 rings (SSSR count). The second kappa shape index (κ2) is 4.88. The van der Waals surface area contributed by atoms with Gasteiger partial charge in [-0.25, -0.2) is 4.79 Å². The van der Waals surface area contributed by atoms with Crippen LogP contribution in [0, 0.1) is 5.92 Å². The Morgan fingerprint density at radius 3 is 2.88 bits per heavy atom. The maximum Gasteiger partial charge on any atom is 0.312 e. The molecule has 0 saturated carbocycles. The van der Waals surface area contributed by atoms with Gasteiger partial charge in [0.05, 0.1) is 0 Å². The monoisotopic (exact) mass is 219 g/mol. The second-order valence-electron chi connectivity index (χ2n) is 4.18. The number of hydrogen-bond acceptors (Lipinski definition) is 2. The van der Waals surface area contributed by atoms with Crippen molar-refractivity contribution in [3.05, 3.63) is 30.3 Å². The highest BCUT2D eigenvalue weighted by Gasteiger charge is 2.22. The van der Waals surface area contributed by atoms with Gasteiger partial charge < -0.3 is 16.0 Å². The lowest BCUT2D eigenvalue weighted by Crippen LogP contribution is -2.34. The van der Waals surface area contributed by atoms with Crippen LogP contribution in [0.3, 0.4) is 0 Å². The molecule has 1 aromatic carbocycles. The summed E-state index contributed by atoms with van der Waals surface area (Å²) in [5.41, 5.74) is 6.31. The minimum atomic E-state index is -0.432. The highest BCUT2D eigenvalue weighted by molar-refractivity contribution is 5.71. The van der Waals surface area contributed by atoms with Crippen LogP contribution in [0.15, 0.2) is 30.3 Å². The molecule has 1 heterocycles. The van der Waals surface area contributed by atoms with Crippen molar-refractivity contribution in [2.75, 3.05) is 24.5 Å². The molecule has 1 aliphatic rings. The number of para-hydroxylation sites is 1. The standard InChI is InChI=1S/C12H17N3O/c13-12(16)14-8-10-6-7-15(9-10)11-4-2-1-3-5-11/h1-5,10H,6-9H2,(H3,13,14,16). The molecule has 0 aromatic heterocycles. The van der Waals surface area contributed by atoms with Crippen LogP contribution in [0.2, 0.25) is 0 Å². The highest BCUT2D eigenvalue weighted by Crippen LogP contribution is 2.22. The minimum Gasteiger partial charge on any atom is -0.371 e. The summed E-state index contributed by atoms with van der Waals surface area (Å²) in [6.45, 7) is 2.72. The molecule has 2 amide bonds. The van der Waals surface area contributed by atoms with Crippen molar-refractivity contribution in [1.29, 1.82) is 0 Å². The van der Waals surface area contributed by atoms with E-state index in [0.717, 1.165) is 19.5 Å². The largest absolute Gasteiger partial charge is 0.371 e. The average Bonchev–Trinajstić information content (AvgIpc) is 2.76. The van der Waals surface area contributed by atoms with Crippen molar-refractivity contribution in [1.82, 2.24) is 5.32 Å². The zero-order chi connectivity index (χ0) is 11.4. The maximum absolute atomic E-state index is 10.6. The molecular weight excluding hydrogens is 202 g/mol. The SMILES string of the molecule is NC(=O)NCC1CCN(c2ccccc2)C1. The molecule has 1 unspecified atom stereocenters. The quantitative estimate of drug-likeness (QED) is 0.802. The van der Waals surface area contributed by atoms with Crippen molar-refractivity contribution in [3.8, 4) is 0 Å². The van der Waals surface area contributed by atoms with E-state index in [1.165, 1.54) is 5.69 Å². The zero-order valence-corrected chi connectivity index (χ0v) is 9.23. The first-order valence-electron chi connectivity index (χ1n) is 5.59. The van der Waals surface area contributed by atoms with Gasteiger partial charge in [0.25, 0.3) is 0 Å². The molecule has 4 heteroatoms. The first-order chi connectivity index (χ1) is 7.75. The predicted molar refractivity (Wildman–Crippen MR) is 64.3 cm³/mol. The van der Waals surface area contributed by atoms with E-state index in [9.17, 15) is 4.79 Å². The number of nitrogens with zero attached hydrogens (tertiary/aromatic N) is 1. The van der Waals surface area contributed by atoms with Gasteiger partial charge in [0.1, 0.15) is 0 Å². The third kappa shape index (κ3) is 2.66. The van der Waals surface area contributed by atoms with Gasteiger partial charge in [0.2, 0.25) is 0 Å². The van der Waals surface area contributed by atoms with Gasteiger partial charge in [-0.2, -0.15) is 0 Å². The predicted octanol–water partition coefficient (Wildman–Crippen LogP) is 1.18. The molecule has 1 aromatic rings. The summed E-state index contributed by atoms with van der Waals surface area (Å²) in [4.78, 5) is 12.9. The lowest BCUT2D eigenvalue weighted by atomic mass is 10.1. The summed E-state index contributed by atoms with van der Waals surface area (Å²) >= 11 is 0. The van der Waals surface area contributed by atoms with Gasteiger partial charge >= 0.3 is 6.03 Å². The lowest BCUT2D eigenvalue weighted by Gasteiger charge is -2.18. The number of nitrogens with two attached hydrogens (primary N) is 1. The average molecular weight is 219 g/mol. The Morgan fingerprint density at radius 2 is 2.19 bits per heavy atom. The molecule has 1 atom stereocenters. The van der Waals surface area contributed by atoms with Gasteiger partial charge in [-0.3, -0.25) is 0 Å². The molecule has 0 spiro atoms. The molecule has 16 heavy (non-hydrogen) atoms. The normalized spacial score (nSPS) is 19.8. The number of carbonyl (C=O) groups is 1. The van der Waals surface area contributed by atoms with Gasteiger partial charge in [0.15, 0.2) is 0 Å². The Balaban J connectivity index is 1.86. The summed E-state index contributed by atoms with van der Waals surface area (Å²) in [5, 5.41) is 2.67. The van der Waals surface area contributed by atoms with Crippen molar-refractivity contribution in [2.24, 2.45) is 11.7 Å². The van der Waals surface area contributed by atoms with E-state index >= 15 is 0 Å². The number of primary amides is 1. The fraction of sp³-hybridized carbons (Fsp3) is 0.417. The van der Waals surface area contributed by atoms with E-state index in [0.29, 0.717) is 12.5 Å². The number of amides is 2. The third-order valence-corrected chi connectivity index (χ3v) is 2.97. The minimum absolute atomic E-state index is 0.432. The van der Waals surface area contributed by atoms with E-state index in [2.05, 4.69) is 22.3 Å². The molecule has 1 saturated heterocycles. The number of hydrogen-bond donors (Lipinski definition) is 2. The van der Waals surface area contributed by atoms with E-state index in [1.54, 1.807) is 0 Å². The lowest BCUT2D eigenvalue weighted by molar-refractivity contribution is 0.247. The third-order valence-electron chi connectivity index (χ3n) is 2.97. The maximum atomic E-state index is 10.6. The summed E-state index contributed by atoms with van der Waals surface area (Å²) in [6, 6.07) is 9.91. The molecule has 3 N–H and O–H groups in total. The van der Waals surface area contributed by atoms with Crippen LogP contribution in [0.5, 0.6) is 0 Å². The molecule has 1 fully saturated rings. The summed E-state index contributed by atoms with van der Waals surface area (Å²) in [5.74, 6) is 0.507. The van der Waals surface area contributed by atoms with Crippen LogP contribution >= 0.6 is 0 Å². The summed E-state index contributed by atoms with van der Waals surface area (Å²) in [7, 11) is 0. The Kier molecular flexibility index (Phi) is 3.29. The van der Waals surface area contributed by atoms with Crippen LogP contribution in [-0.4, -0.2) is 25.7 Å². The molecule has 0 bridgehead atoms. The number of anilines is 1. The van der Waals surface area contributed by atoms with Crippen LogP contribution in [-0.2, 0) is 0 Å². The van der Waals surface area contributed by atoms with Crippen molar-refractivity contribution in [3.63, 3.8) is 0 Å². The smallest absolute Gasteiger partial charge is 0.312 e. The Morgan fingerprint density at radius 1 is 1.44 bits per heavy atom. The zero-order valence-electron chi connectivity index (χ0n) is 9.23. The first kappa shape index (κ1) is 10.8. The summed E-state index contributed by atoms with van der Waals surface area (Å²) < 4.78 is 0. The van der Waals surface area contributed by atoms with Crippen LogP contribution in [0.4, 0.5) is 10.5 Å².